The summed E-state index contributed by atoms with van der Waals surface area (Å²) in [6, 6.07) is 6.90. The average molecular weight is 509 g/mol. The Balaban J connectivity index is 0.00000392. The number of hydrogen-bond acceptors (Lipinski definition) is 4. The first-order chi connectivity index (χ1) is 13.1. The van der Waals surface area contributed by atoms with E-state index in [2.05, 4.69) is 25.5 Å². The summed E-state index contributed by atoms with van der Waals surface area (Å²) in [7, 11) is 3.11. The fraction of sp³-hybridized carbons (Fsp3) is 0.444. The number of hydrogen-bond donors (Lipinski definition) is 2. The molecule has 0 spiro atoms. The third-order valence-electron chi connectivity index (χ3n) is 3.79. The summed E-state index contributed by atoms with van der Waals surface area (Å²) >= 11 is 0. The number of nitrogens with one attached hydrogen (secondary N) is 2. The second-order valence-electron chi connectivity index (χ2n) is 5.66. The summed E-state index contributed by atoms with van der Waals surface area (Å²) in [5.41, 5.74) is 0.855. The summed E-state index contributed by atoms with van der Waals surface area (Å²) < 4.78 is 36.4. The molecule has 2 aromatic rings. The van der Waals surface area contributed by atoms with Crippen LogP contribution in [0.5, 0.6) is 11.5 Å². The Morgan fingerprint density at radius 1 is 1.25 bits per heavy atom. The summed E-state index contributed by atoms with van der Waals surface area (Å²) in [5.74, 6) is 1.00. The number of rotatable bonds is 10. The van der Waals surface area contributed by atoms with Crippen LogP contribution in [-0.4, -0.2) is 49.6 Å². The van der Waals surface area contributed by atoms with Crippen LogP contribution in [0.25, 0.3) is 0 Å². The van der Waals surface area contributed by atoms with E-state index >= 15 is 0 Å². The van der Waals surface area contributed by atoms with Crippen molar-refractivity contribution in [2.75, 3.05) is 27.2 Å². The Kier molecular flexibility index (Phi) is 11.2. The van der Waals surface area contributed by atoms with E-state index in [0.717, 1.165) is 25.1 Å². The third-order valence-corrected chi connectivity index (χ3v) is 3.79. The fourth-order valence-electron chi connectivity index (χ4n) is 2.49. The van der Waals surface area contributed by atoms with Crippen molar-refractivity contribution >= 4 is 29.9 Å². The zero-order valence-electron chi connectivity index (χ0n) is 15.9. The van der Waals surface area contributed by atoms with Crippen molar-refractivity contribution in [3.63, 3.8) is 0 Å². The fourth-order valence-corrected chi connectivity index (χ4v) is 2.49. The monoisotopic (exact) mass is 509 g/mol. The summed E-state index contributed by atoms with van der Waals surface area (Å²) in [6.07, 6.45) is 5.21. The van der Waals surface area contributed by atoms with Crippen LogP contribution >= 0.6 is 24.0 Å². The van der Waals surface area contributed by atoms with Crippen molar-refractivity contribution in [3.8, 4) is 11.5 Å². The molecule has 0 saturated heterocycles. The lowest BCUT2D eigenvalue weighted by Crippen LogP contribution is -2.39. The van der Waals surface area contributed by atoms with Crippen LogP contribution in [0.1, 0.15) is 12.0 Å². The molecule has 0 bridgehead atoms. The van der Waals surface area contributed by atoms with Gasteiger partial charge in [0.2, 0.25) is 0 Å². The largest absolute Gasteiger partial charge is 0.493 e. The van der Waals surface area contributed by atoms with Gasteiger partial charge >= 0.3 is 6.61 Å². The van der Waals surface area contributed by atoms with E-state index in [0.29, 0.717) is 18.9 Å². The van der Waals surface area contributed by atoms with Crippen LogP contribution in [-0.2, 0) is 13.0 Å². The van der Waals surface area contributed by atoms with Crippen LogP contribution in [0.4, 0.5) is 8.78 Å². The standard InChI is InChI=1S/C18H25F2N5O2.HI/c1-21-18(22-8-3-11-25-12-4-9-24-25)23-10-7-14-5-6-15(26-2)16(13-14)27-17(19)20;/h4-6,9,12-13,17H,3,7-8,10-11H2,1-2H3,(H2,21,22,23);1H. The highest BCUT2D eigenvalue weighted by Crippen LogP contribution is 2.29. The highest BCUT2D eigenvalue weighted by atomic mass is 127. The lowest BCUT2D eigenvalue weighted by molar-refractivity contribution is -0.0512. The minimum absolute atomic E-state index is 0. The van der Waals surface area contributed by atoms with Gasteiger partial charge in [-0.1, -0.05) is 6.07 Å². The molecule has 0 aliphatic heterocycles. The smallest absolute Gasteiger partial charge is 0.387 e. The van der Waals surface area contributed by atoms with Gasteiger partial charge in [-0.2, -0.15) is 13.9 Å². The highest BCUT2D eigenvalue weighted by Gasteiger charge is 2.11. The molecule has 10 heteroatoms. The van der Waals surface area contributed by atoms with E-state index in [9.17, 15) is 8.78 Å². The normalized spacial score (nSPS) is 11.1. The maximum Gasteiger partial charge on any atom is 0.387 e. The Hall–Kier alpha value is -2.11. The number of benzene rings is 1. The maximum absolute atomic E-state index is 12.5. The number of guanidine groups is 1. The number of ether oxygens (including phenoxy) is 2. The first-order valence-corrected chi connectivity index (χ1v) is 8.66. The molecule has 7 nitrogen and oxygen atoms in total. The number of alkyl halides is 2. The number of methoxy groups -OCH3 is 1. The zero-order chi connectivity index (χ0) is 19.5. The van der Waals surface area contributed by atoms with E-state index in [-0.39, 0.29) is 35.5 Å². The van der Waals surface area contributed by atoms with Crippen molar-refractivity contribution in [1.82, 2.24) is 20.4 Å². The van der Waals surface area contributed by atoms with E-state index < -0.39 is 6.61 Å². The predicted molar refractivity (Wildman–Crippen MR) is 115 cm³/mol. The van der Waals surface area contributed by atoms with Gasteiger partial charge in [-0.25, -0.2) is 0 Å². The minimum Gasteiger partial charge on any atom is -0.493 e. The van der Waals surface area contributed by atoms with Gasteiger partial charge in [0.05, 0.1) is 7.11 Å². The Labute approximate surface area is 180 Å². The predicted octanol–water partition coefficient (Wildman–Crippen LogP) is 2.91. The van der Waals surface area contributed by atoms with Crippen LogP contribution in [0.15, 0.2) is 41.7 Å². The average Bonchev–Trinajstić information content (AvgIpc) is 3.17. The van der Waals surface area contributed by atoms with Gasteiger partial charge in [-0.15, -0.1) is 24.0 Å². The molecular weight excluding hydrogens is 483 g/mol. The minimum atomic E-state index is -2.89. The lowest BCUT2D eigenvalue weighted by atomic mass is 10.1. The van der Waals surface area contributed by atoms with Crippen LogP contribution in [0.2, 0.25) is 0 Å². The Morgan fingerprint density at radius 3 is 2.68 bits per heavy atom. The van der Waals surface area contributed by atoms with Crippen molar-refractivity contribution in [2.45, 2.75) is 26.0 Å². The van der Waals surface area contributed by atoms with Crippen molar-refractivity contribution in [3.05, 3.63) is 42.2 Å². The number of aliphatic imine (C=N–C) groups is 1. The first kappa shape index (κ1) is 23.9. The molecular formula is C18H26F2IN5O2. The van der Waals surface area contributed by atoms with E-state index in [1.54, 1.807) is 25.4 Å². The zero-order valence-corrected chi connectivity index (χ0v) is 18.2. The second-order valence-corrected chi connectivity index (χ2v) is 5.66. The number of halogens is 3. The van der Waals surface area contributed by atoms with Crippen LogP contribution in [0.3, 0.4) is 0 Å². The molecule has 0 radical (unpaired) electrons. The molecule has 0 aliphatic rings. The number of aryl methyl sites for hydroxylation is 1. The van der Waals surface area contributed by atoms with Gasteiger partial charge < -0.3 is 20.1 Å². The molecule has 1 aromatic heterocycles. The molecule has 0 atom stereocenters. The molecule has 1 aromatic carbocycles. The van der Waals surface area contributed by atoms with Gasteiger partial charge in [-0.3, -0.25) is 9.67 Å². The molecule has 0 saturated carbocycles. The van der Waals surface area contributed by atoms with Crippen molar-refractivity contribution in [2.24, 2.45) is 4.99 Å². The van der Waals surface area contributed by atoms with E-state index in [1.165, 1.54) is 7.11 Å². The molecule has 2 N–H and O–H groups in total. The van der Waals surface area contributed by atoms with Crippen molar-refractivity contribution in [1.29, 1.82) is 0 Å². The molecule has 0 unspecified atom stereocenters. The van der Waals surface area contributed by atoms with Crippen LogP contribution in [0, 0.1) is 0 Å². The van der Waals surface area contributed by atoms with Gasteiger partial charge in [0.25, 0.3) is 0 Å². The summed E-state index contributed by atoms with van der Waals surface area (Å²) in [6.45, 7) is -0.708. The highest BCUT2D eigenvalue weighted by molar-refractivity contribution is 14.0. The quantitative estimate of drug-likeness (QED) is 0.223. The van der Waals surface area contributed by atoms with E-state index in [1.807, 2.05) is 23.0 Å². The Morgan fingerprint density at radius 2 is 2.04 bits per heavy atom. The van der Waals surface area contributed by atoms with Gasteiger partial charge in [-0.05, 0) is 36.6 Å². The molecule has 0 fully saturated rings. The summed E-state index contributed by atoms with van der Waals surface area (Å²) in [4.78, 5) is 4.17. The molecule has 0 amide bonds. The van der Waals surface area contributed by atoms with Gasteiger partial charge in [0.15, 0.2) is 17.5 Å². The summed E-state index contributed by atoms with van der Waals surface area (Å²) in [5, 5.41) is 10.6. The van der Waals surface area contributed by atoms with Crippen molar-refractivity contribution < 1.29 is 18.3 Å². The van der Waals surface area contributed by atoms with E-state index in [4.69, 9.17) is 4.74 Å². The molecule has 28 heavy (non-hydrogen) atoms. The molecule has 1 heterocycles. The van der Waals surface area contributed by atoms with Gasteiger partial charge in [0, 0.05) is 39.1 Å². The molecule has 2 rings (SSSR count). The Bertz CT molecular complexity index is 714. The maximum atomic E-state index is 12.5. The second kappa shape index (κ2) is 13.1. The SMILES string of the molecule is CN=C(NCCCn1cccn1)NCCc1ccc(OC)c(OC(F)F)c1.I. The molecule has 156 valence electrons. The molecule has 0 aliphatic carbocycles. The number of nitrogens with zero attached hydrogens (tertiary/aromatic N) is 3. The third kappa shape index (κ3) is 8.28. The van der Waals surface area contributed by atoms with Gasteiger partial charge in [0.1, 0.15) is 0 Å². The van der Waals surface area contributed by atoms with Crippen LogP contribution < -0.4 is 20.1 Å². The topological polar surface area (TPSA) is 72.7 Å². The number of aromatic nitrogens is 2. The lowest BCUT2D eigenvalue weighted by Gasteiger charge is -2.13. The first-order valence-electron chi connectivity index (χ1n) is 8.66.